The van der Waals surface area contributed by atoms with Gasteiger partial charge in [-0.05, 0) is 50.0 Å². The third kappa shape index (κ3) is 2.22. The molecule has 7 nitrogen and oxygen atoms in total. The van der Waals surface area contributed by atoms with Crippen molar-refractivity contribution in [1.29, 1.82) is 0 Å². The number of rotatable bonds is 3. The van der Waals surface area contributed by atoms with E-state index in [2.05, 4.69) is 25.9 Å². The highest BCUT2D eigenvalue weighted by molar-refractivity contribution is 6.05. The molecule has 5 rings (SSSR count). The molecule has 0 saturated carbocycles. The van der Waals surface area contributed by atoms with Gasteiger partial charge in [-0.15, -0.1) is 0 Å². The first-order chi connectivity index (χ1) is 10.7. The number of aromatic nitrogens is 2. The number of benzene rings is 1. The van der Waals surface area contributed by atoms with Gasteiger partial charge in [0.1, 0.15) is 0 Å². The maximum atomic E-state index is 12.6. The summed E-state index contributed by atoms with van der Waals surface area (Å²) in [5, 5.41) is 19.9. The number of nitrogens with zero attached hydrogens (tertiary/aromatic N) is 2. The van der Waals surface area contributed by atoms with Crippen LogP contribution in [0.3, 0.4) is 0 Å². The van der Waals surface area contributed by atoms with E-state index in [9.17, 15) is 4.79 Å². The highest BCUT2D eigenvalue weighted by Gasteiger charge is 2.35. The van der Waals surface area contributed by atoms with Crippen LogP contribution in [-0.2, 0) is 0 Å². The number of hydrogen-bond acceptors (Lipinski definition) is 5. The molecule has 4 heterocycles. The SMILES string of the molecule is O=C(N[C@@H]1CN2CCC1CC2)c1n[nH]c2ccc(NO)cc12. The van der Waals surface area contributed by atoms with Crippen LogP contribution in [0, 0.1) is 5.92 Å². The molecule has 0 spiro atoms. The van der Waals surface area contributed by atoms with Crippen molar-refractivity contribution in [3.8, 4) is 0 Å². The average molecular weight is 301 g/mol. The minimum absolute atomic E-state index is 0.153. The van der Waals surface area contributed by atoms with Gasteiger partial charge >= 0.3 is 0 Å². The van der Waals surface area contributed by atoms with Crippen molar-refractivity contribution >= 4 is 22.5 Å². The van der Waals surface area contributed by atoms with Gasteiger partial charge in [0.25, 0.3) is 5.91 Å². The fourth-order valence-corrected chi connectivity index (χ4v) is 3.62. The summed E-state index contributed by atoms with van der Waals surface area (Å²) < 4.78 is 0. The Kier molecular flexibility index (Phi) is 3.24. The predicted molar refractivity (Wildman–Crippen MR) is 81.9 cm³/mol. The number of carbonyl (C=O) groups excluding carboxylic acids is 1. The second-order valence-corrected chi connectivity index (χ2v) is 6.16. The zero-order valence-corrected chi connectivity index (χ0v) is 12.2. The third-order valence-corrected chi connectivity index (χ3v) is 4.88. The van der Waals surface area contributed by atoms with Crippen molar-refractivity contribution in [2.45, 2.75) is 18.9 Å². The topological polar surface area (TPSA) is 93.3 Å². The standard InChI is InChI=1S/C15H19N5O2/c21-15(16-13-8-20-5-3-9(13)4-6-20)14-11-7-10(19-22)1-2-12(11)17-18-14/h1-2,7,9,13,19,22H,3-6,8H2,(H,16,21)(H,17,18)/t13-/m1/s1. The van der Waals surface area contributed by atoms with Crippen LogP contribution < -0.4 is 10.8 Å². The van der Waals surface area contributed by atoms with Gasteiger partial charge in [-0.3, -0.25) is 20.6 Å². The fourth-order valence-electron chi connectivity index (χ4n) is 3.62. The summed E-state index contributed by atoms with van der Waals surface area (Å²) in [6.07, 6.45) is 2.32. The summed E-state index contributed by atoms with van der Waals surface area (Å²) in [6.45, 7) is 3.23. The lowest BCUT2D eigenvalue weighted by Crippen LogP contribution is -2.57. The number of piperidine rings is 3. The van der Waals surface area contributed by atoms with Gasteiger partial charge in [-0.1, -0.05) is 0 Å². The van der Waals surface area contributed by atoms with Crippen molar-refractivity contribution in [2.24, 2.45) is 5.92 Å². The monoisotopic (exact) mass is 301 g/mol. The summed E-state index contributed by atoms with van der Waals surface area (Å²) in [4.78, 5) is 15.0. The summed E-state index contributed by atoms with van der Waals surface area (Å²) in [5.41, 5.74) is 3.79. The van der Waals surface area contributed by atoms with Gasteiger partial charge in [0.2, 0.25) is 0 Å². The highest BCUT2D eigenvalue weighted by Crippen LogP contribution is 2.28. The molecule has 22 heavy (non-hydrogen) atoms. The lowest BCUT2D eigenvalue weighted by molar-refractivity contribution is 0.0618. The molecule has 1 aromatic heterocycles. The molecule has 3 aliphatic rings. The van der Waals surface area contributed by atoms with Crippen LogP contribution in [0.2, 0.25) is 0 Å². The second-order valence-electron chi connectivity index (χ2n) is 6.16. The van der Waals surface area contributed by atoms with Crippen LogP contribution in [0.25, 0.3) is 10.9 Å². The summed E-state index contributed by atoms with van der Waals surface area (Å²) in [6, 6.07) is 5.42. The molecule has 0 radical (unpaired) electrons. The van der Waals surface area contributed by atoms with Gasteiger partial charge in [-0.25, -0.2) is 0 Å². The van der Waals surface area contributed by atoms with Gasteiger partial charge in [0.15, 0.2) is 5.69 Å². The fraction of sp³-hybridized carbons (Fsp3) is 0.467. The molecule has 0 aliphatic carbocycles. The molecule has 0 unspecified atom stereocenters. The lowest BCUT2D eigenvalue weighted by atomic mass is 9.84. The molecule has 2 aromatic rings. The van der Waals surface area contributed by atoms with Crippen LogP contribution in [0.5, 0.6) is 0 Å². The van der Waals surface area contributed by atoms with E-state index in [0.717, 1.165) is 38.0 Å². The van der Waals surface area contributed by atoms with Gasteiger partial charge < -0.3 is 10.2 Å². The molecule has 3 saturated heterocycles. The van der Waals surface area contributed by atoms with Crippen molar-refractivity contribution in [1.82, 2.24) is 20.4 Å². The van der Waals surface area contributed by atoms with E-state index in [-0.39, 0.29) is 11.9 Å². The smallest absolute Gasteiger partial charge is 0.272 e. The highest BCUT2D eigenvalue weighted by atomic mass is 16.5. The minimum Gasteiger partial charge on any atom is -0.346 e. The number of nitrogens with one attached hydrogen (secondary N) is 3. The number of hydrogen-bond donors (Lipinski definition) is 4. The number of amides is 1. The van der Waals surface area contributed by atoms with Gasteiger partial charge in [0.05, 0.1) is 11.2 Å². The summed E-state index contributed by atoms with van der Waals surface area (Å²) in [7, 11) is 0. The normalized spacial score (nSPS) is 27.0. The molecule has 1 atom stereocenters. The molecule has 7 heteroatoms. The zero-order valence-electron chi connectivity index (χ0n) is 12.2. The Balaban J connectivity index is 1.57. The molecular weight excluding hydrogens is 282 g/mol. The van der Waals surface area contributed by atoms with Gasteiger partial charge in [-0.2, -0.15) is 5.10 Å². The summed E-state index contributed by atoms with van der Waals surface area (Å²) in [5.74, 6) is 0.425. The van der Waals surface area contributed by atoms with E-state index < -0.39 is 0 Å². The molecule has 2 bridgehead atoms. The number of H-pyrrole nitrogens is 1. The molecule has 1 amide bonds. The Morgan fingerprint density at radius 2 is 2.18 bits per heavy atom. The Morgan fingerprint density at radius 1 is 1.36 bits per heavy atom. The van der Waals surface area contributed by atoms with E-state index >= 15 is 0 Å². The summed E-state index contributed by atoms with van der Waals surface area (Å²) >= 11 is 0. The average Bonchev–Trinajstić information content (AvgIpc) is 2.99. The van der Waals surface area contributed by atoms with Crippen molar-refractivity contribution in [3.05, 3.63) is 23.9 Å². The van der Waals surface area contributed by atoms with E-state index in [4.69, 9.17) is 5.21 Å². The van der Waals surface area contributed by atoms with E-state index in [1.165, 1.54) is 0 Å². The second kappa shape index (κ2) is 5.26. The lowest BCUT2D eigenvalue weighted by Gasteiger charge is -2.44. The Labute approximate surface area is 127 Å². The maximum absolute atomic E-state index is 12.6. The van der Waals surface area contributed by atoms with E-state index in [1.807, 2.05) is 0 Å². The molecule has 1 aromatic carbocycles. The Hall–Kier alpha value is -2.12. The minimum atomic E-state index is -0.153. The van der Waals surface area contributed by atoms with Crippen LogP contribution in [-0.4, -0.2) is 51.9 Å². The van der Waals surface area contributed by atoms with Crippen molar-refractivity contribution in [3.63, 3.8) is 0 Å². The molecule has 3 aliphatic heterocycles. The number of anilines is 1. The maximum Gasteiger partial charge on any atom is 0.272 e. The first-order valence-corrected chi connectivity index (χ1v) is 7.66. The quantitative estimate of drug-likeness (QED) is 0.639. The Morgan fingerprint density at radius 3 is 2.86 bits per heavy atom. The van der Waals surface area contributed by atoms with E-state index in [0.29, 0.717) is 22.7 Å². The van der Waals surface area contributed by atoms with Crippen LogP contribution in [0.4, 0.5) is 5.69 Å². The van der Waals surface area contributed by atoms with Gasteiger partial charge in [0, 0.05) is 18.0 Å². The van der Waals surface area contributed by atoms with E-state index in [1.54, 1.807) is 18.2 Å². The Bertz CT molecular complexity index is 705. The molecule has 4 N–H and O–H groups in total. The number of aromatic amines is 1. The first-order valence-electron chi connectivity index (χ1n) is 7.66. The van der Waals surface area contributed by atoms with Crippen molar-refractivity contribution in [2.75, 3.05) is 25.1 Å². The van der Waals surface area contributed by atoms with Crippen LogP contribution in [0.1, 0.15) is 23.3 Å². The van der Waals surface area contributed by atoms with Crippen LogP contribution >= 0.6 is 0 Å². The molecular formula is C15H19N5O2. The largest absolute Gasteiger partial charge is 0.346 e. The van der Waals surface area contributed by atoms with Crippen LogP contribution in [0.15, 0.2) is 18.2 Å². The number of fused-ring (bicyclic) bond motifs is 4. The third-order valence-electron chi connectivity index (χ3n) is 4.88. The molecule has 116 valence electrons. The molecule has 3 fully saturated rings. The zero-order chi connectivity index (χ0) is 15.1. The van der Waals surface area contributed by atoms with Crippen molar-refractivity contribution < 1.29 is 10.0 Å². The first kappa shape index (κ1) is 13.5. The predicted octanol–water partition coefficient (Wildman–Crippen LogP) is 1.19. The number of carbonyl (C=O) groups is 1.